The lowest BCUT2D eigenvalue weighted by Crippen LogP contribution is -2.14. The van der Waals surface area contributed by atoms with Crippen LogP contribution in [-0.4, -0.2) is 43.7 Å². The number of anilines is 1. The van der Waals surface area contributed by atoms with Crippen LogP contribution in [0.3, 0.4) is 0 Å². The first-order valence-electron chi connectivity index (χ1n) is 10.9. The van der Waals surface area contributed by atoms with Gasteiger partial charge in [-0.3, -0.25) is 4.79 Å². The summed E-state index contributed by atoms with van der Waals surface area (Å²) in [5.41, 5.74) is 5.39. The van der Waals surface area contributed by atoms with Gasteiger partial charge in [-0.25, -0.2) is 0 Å². The van der Waals surface area contributed by atoms with Gasteiger partial charge in [-0.2, -0.15) is 0 Å². The zero-order valence-corrected chi connectivity index (χ0v) is 19.3. The van der Waals surface area contributed by atoms with Crippen molar-refractivity contribution in [3.8, 4) is 16.9 Å². The van der Waals surface area contributed by atoms with Crippen molar-refractivity contribution in [1.29, 1.82) is 0 Å². The molecular formula is C27H32N2O3. The van der Waals surface area contributed by atoms with Crippen molar-refractivity contribution in [2.24, 2.45) is 0 Å². The summed E-state index contributed by atoms with van der Waals surface area (Å²) in [7, 11) is 5.76. The second-order valence-corrected chi connectivity index (χ2v) is 8.26. The molecule has 0 aromatic heterocycles. The van der Waals surface area contributed by atoms with Crippen molar-refractivity contribution in [2.75, 3.05) is 33.1 Å². The van der Waals surface area contributed by atoms with Crippen molar-refractivity contribution in [3.63, 3.8) is 0 Å². The summed E-state index contributed by atoms with van der Waals surface area (Å²) in [5, 5.41) is 12.6. The van der Waals surface area contributed by atoms with Gasteiger partial charge in [0.1, 0.15) is 5.75 Å². The number of carbonyl (C=O) groups excluding carboxylic acids is 1. The molecule has 168 valence electrons. The standard InChI is InChI=1S/C27H32N2O3/c1-19(30)20-7-9-21(10-8-20)22-11-14-25(15-12-22)28-27(31)24-13-16-26(32-4)23(18-24)6-5-17-29(2)3/h7-16,18-19,30H,5-6,17H2,1-4H3,(H,28,31). The molecule has 3 aromatic carbocycles. The molecule has 1 atom stereocenters. The lowest BCUT2D eigenvalue weighted by molar-refractivity contribution is 0.102. The molecule has 0 saturated carbocycles. The van der Waals surface area contributed by atoms with Crippen LogP contribution in [0, 0.1) is 0 Å². The molecule has 1 unspecified atom stereocenters. The maximum absolute atomic E-state index is 12.8. The first-order chi connectivity index (χ1) is 15.4. The zero-order chi connectivity index (χ0) is 23.1. The fourth-order valence-electron chi connectivity index (χ4n) is 3.60. The van der Waals surface area contributed by atoms with Gasteiger partial charge in [-0.15, -0.1) is 0 Å². The van der Waals surface area contributed by atoms with E-state index >= 15 is 0 Å². The Kier molecular flexibility index (Phi) is 8.03. The van der Waals surface area contributed by atoms with E-state index in [1.165, 1.54) is 0 Å². The number of amides is 1. The van der Waals surface area contributed by atoms with E-state index in [2.05, 4.69) is 24.3 Å². The Hall–Kier alpha value is -3.15. The number of aliphatic hydroxyl groups is 1. The average molecular weight is 433 g/mol. The molecule has 0 fully saturated rings. The van der Waals surface area contributed by atoms with Crippen LogP contribution < -0.4 is 10.1 Å². The highest BCUT2D eigenvalue weighted by Crippen LogP contribution is 2.25. The third-order valence-electron chi connectivity index (χ3n) is 5.46. The second kappa shape index (κ2) is 10.9. The Morgan fingerprint density at radius 3 is 2.19 bits per heavy atom. The Balaban J connectivity index is 1.68. The van der Waals surface area contributed by atoms with Crippen LogP contribution in [0.4, 0.5) is 5.69 Å². The van der Waals surface area contributed by atoms with E-state index in [9.17, 15) is 9.90 Å². The topological polar surface area (TPSA) is 61.8 Å². The number of aryl methyl sites for hydroxylation is 1. The van der Waals surface area contributed by atoms with Gasteiger partial charge in [-0.1, -0.05) is 36.4 Å². The molecule has 3 aromatic rings. The average Bonchev–Trinajstić information content (AvgIpc) is 2.79. The molecule has 0 heterocycles. The Labute approximate surface area is 190 Å². The molecule has 1 amide bonds. The lowest BCUT2D eigenvalue weighted by atomic mass is 10.0. The van der Waals surface area contributed by atoms with Gasteiger partial charge < -0.3 is 20.1 Å². The number of hydrogen-bond acceptors (Lipinski definition) is 4. The van der Waals surface area contributed by atoms with Crippen molar-refractivity contribution in [3.05, 3.63) is 83.4 Å². The predicted octanol–water partition coefficient (Wildman–Crippen LogP) is 5.16. The molecule has 0 aliphatic rings. The maximum atomic E-state index is 12.8. The fourth-order valence-corrected chi connectivity index (χ4v) is 3.60. The minimum Gasteiger partial charge on any atom is -0.496 e. The van der Waals surface area contributed by atoms with Gasteiger partial charge in [0, 0.05) is 11.3 Å². The van der Waals surface area contributed by atoms with Crippen molar-refractivity contribution in [1.82, 2.24) is 4.90 Å². The van der Waals surface area contributed by atoms with Gasteiger partial charge >= 0.3 is 0 Å². The molecule has 0 aliphatic heterocycles. The lowest BCUT2D eigenvalue weighted by Gasteiger charge is -2.13. The highest BCUT2D eigenvalue weighted by Gasteiger charge is 2.11. The highest BCUT2D eigenvalue weighted by atomic mass is 16.5. The molecule has 2 N–H and O–H groups in total. The molecule has 5 nitrogen and oxygen atoms in total. The summed E-state index contributed by atoms with van der Waals surface area (Å²) < 4.78 is 5.47. The second-order valence-electron chi connectivity index (χ2n) is 8.26. The van der Waals surface area contributed by atoms with Crippen LogP contribution in [0.15, 0.2) is 66.7 Å². The first kappa shape index (κ1) is 23.5. The summed E-state index contributed by atoms with van der Waals surface area (Å²) >= 11 is 0. The quantitative estimate of drug-likeness (QED) is 0.490. The van der Waals surface area contributed by atoms with Gasteiger partial charge in [0.25, 0.3) is 5.91 Å². The van der Waals surface area contributed by atoms with Gasteiger partial charge in [0.15, 0.2) is 0 Å². The summed E-state index contributed by atoms with van der Waals surface area (Å²) in [5.74, 6) is 0.668. The van der Waals surface area contributed by atoms with E-state index in [-0.39, 0.29) is 5.91 Å². The molecular weight excluding hydrogens is 400 g/mol. The maximum Gasteiger partial charge on any atom is 0.255 e. The number of hydrogen-bond donors (Lipinski definition) is 2. The normalized spacial score (nSPS) is 11.9. The third-order valence-corrected chi connectivity index (χ3v) is 5.46. The zero-order valence-electron chi connectivity index (χ0n) is 19.3. The Morgan fingerprint density at radius 1 is 1.00 bits per heavy atom. The molecule has 0 bridgehead atoms. The number of benzene rings is 3. The summed E-state index contributed by atoms with van der Waals surface area (Å²) in [6.45, 7) is 2.73. The number of methoxy groups -OCH3 is 1. The van der Waals surface area contributed by atoms with Crippen molar-refractivity contribution in [2.45, 2.75) is 25.9 Å². The monoisotopic (exact) mass is 432 g/mol. The largest absolute Gasteiger partial charge is 0.496 e. The number of nitrogens with zero attached hydrogens (tertiary/aromatic N) is 1. The van der Waals surface area contributed by atoms with Gasteiger partial charge in [-0.05, 0) is 93.0 Å². The minimum atomic E-state index is -0.479. The first-order valence-corrected chi connectivity index (χ1v) is 10.9. The van der Waals surface area contributed by atoms with Gasteiger partial charge in [0.2, 0.25) is 0 Å². The smallest absolute Gasteiger partial charge is 0.255 e. The van der Waals surface area contributed by atoms with E-state index in [0.29, 0.717) is 5.56 Å². The number of carbonyl (C=O) groups is 1. The summed E-state index contributed by atoms with van der Waals surface area (Å²) in [4.78, 5) is 15.0. The van der Waals surface area contributed by atoms with E-state index in [0.717, 1.165) is 53.1 Å². The van der Waals surface area contributed by atoms with E-state index in [1.54, 1.807) is 20.1 Å². The molecule has 0 radical (unpaired) electrons. The Bertz CT molecular complexity index is 1030. The predicted molar refractivity (Wildman–Crippen MR) is 130 cm³/mol. The number of aliphatic hydroxyl groups excluding tert-OH is 1. The number of ether oxygens (including phenoxy) is 1. The molecule has 32 heavy (non-hydrogen) atoms. The fraction of sp³-hybridized carbons (Fsp3) is 0.296. The molecule has 0 spiro atoms. The van der Waals surface area contributed by atoms with E-state index in [4.69, 9.17) is 4.74 Å². The van der Waals surface area contributed by atoms with Crippen molar-refractivity contribution >= 4 is 11.6 Å². The summed E-state index contributed by atoms with van der Waals surface area (Å²) in [6, 6.07) is 21.2. The SMILES string of the molecule is COc1ccc(C(=O)Nc2ccc(-c3ccc(C(C)O)cc3)cc2)cc1CCCN(C)C. The highest BCUT2D eigenvalue weighted by molar-refractivity contribution is 6.04. The third kappa shape index (κ3) is 6.19. The van der Waals surface area contributed by atoms with Gasteiger partial charge in [0.05, 0.1) is 13.2 Å². The van der Waals surface area contributed by atoms with E-state index in [1.807, 2.05) is 60.7 Å². The molecule has 3 rings (SSSR count). The molecule has 0 aliphatic carbocycles. The van der Waals surface area contributed by atoms with Crippen LogP contribution in [0.1, 0.15) is 40.9 Å². The van der Waals surface area contributed by atoms with Crippen LogP contribution in [0.25, 0.3) is 11.1 Å². The number of rotatable bonds is 9. The van der Waals surface area contributed by atoms with Crippen LogP contribution in [0.5, 0.6) is 5.75 Å². The van der Waals surface area contributed by atoms with E-state index < -0.39 is 6.10 Å². The van der Waals surface area contributed by atoms with Crippen LogP contribution in [-0.2, 0) is 6.42 Å². The minimum absolute atomic E-state index is 0.143. The Morgan fingerprint density at radius 2 is 1.62 bits per heavy atom. The number of nitrogens with one attached hydrogen (secondary N) is 1. The van der Waals surface area contributed by atoms with Crippen LogP contribution in [0.2, 0.25) is 0 Å². The molecule has 0 saturated heterocycles. The summed E-state index contributed by atoms with van der Waals surface area (Å²) in [6.07, 6.45) is 1.37. The van der Waals surface area contributed by atoms with Crippen LogP contribution >= 0.6 is 0 Å². The molecule has 5 heteroatoms. The van der Waals surface area contributed by atoms with Crippen molar-refractivity contribution < 1.29 is 14.6 Å².